The largest absolute Gasteiger partial charge is 0.479 e. The first-order valence-corrected chi connectivity index (χ1v) is 6.05. The summed E-state index contributed by atoms with van der Waals surface area (Å²) in [4.78, 5) is 24.6. The Morgan fingerprint density at radius 2 is 2.17 bits per heavy atom. The highest BCUT2D eigenvalue weighted by atomic mass is 16.5. The lowest BCUT2D eigenvalue weighted by atomic mass is 9.99. The van der Waals surface area contributed by atoms with Gasteiger partial charge in [0.15, 0.2) is 5.54 Å². The van der Waals surface area contributed by atoms with Crippen molar-refractivity contribution in [2.45, 2.75) is 25.3 Å². The highest BCUT2D eigenvalue weighted by Gasteiger charge is 2.44. The lowest BCUT2D eigenvalue weighted by molar-refractivity contribution is -0.144. The topological polar surface area (TPSA) is 99.1 Å². The summed E-state index contributed by atoms with van der Waals surface area (Å²) in [5.74, 6) is -1.09. The van der Waals surface area contributed by atoms with E-state index in [1.807, 2.05) is 6.92 Å². The van der Waals surface area contributed by atoms with Crippen LogP contribution in [0, 0.1) is 0 Å². The van der Waals surface area contributed by atoms with Crippen molar-refractivity contribution in [2.24, 2.45) is 0 Å². The molecule has 3 N–H and O–H groups in total. The number of hydrogen-bond acceptors (Lipinski definition) is 4. The van der Waals surface area contributed by atoms with Crippen LogP contribution in [0.4, 0.5) is 4.79 Å². The van der Waals surface area contributed by atoms with Crippen molar-refractivity contribution in [2.75, 3.05) is 32.9 Å². The maximum absolute atomic E-state index is 12.0. The molecule has 0 saturated carbocycles. The molecular weight excluding hydrogens is 240 g/mol. The molecule has 0 radical (unpaired) electrons. The van der Waals surface area contributed by atoms with E-state index >= 15 is 0 Å². The molecule has 104 valence electrons. The van der Waals surface area contributed by atoms with E-state index in [4.69, 9.17) is 9.84 Å². The number of nitrogens with zero attached hydrogens (tertiary/aromatic N) is 1. The van der Waals surface area contributed by atoms with Gasteiger partial charge in [-0.3, -0.25) is 0 Å². The summed E-state index contributed by atoms with van der Waals surface area (Å²) in [6.07, 6.45) is 0.997. The quantitative estimate of drug-likeness (QED) is 0.606. The zero-order chi connectivity index (χ0) is 13.6. The molecule has 2 amide bonds. The van der Waals surface area contributed by atoms with E-state index in [9.17, 15) is 14.7 Å². The van der Waals surface area contributed by atoms with Crippen LogP contribution in [0.1, 0.15) is 19.8 Å². The van der Waals surface area contributed by atoms with Crippen LogP contribution in [-0.2, 0) is 9.53 Å². The Bertz CT molecular complexity index is 296. The molecule has 7 nitrogen and oxygen atoms in total. The summed E-state index contributed by atoms with van der Waals surface area (Å²) in [6.45, 7) is 2.72. The monoisotopic (exact) mass is 260 g/mol. The number of carboxylic acid groups (broad SMARTS) is 1. The second-order valence-electron chi connectivity index (χ2n) is 4.33. The number of carbonyl (C=O) groups is 2. The highest BCUT2D eigenvalue weighted by Crippen LogP contribution is 2.19. The number of rotatable bonds is 6. The van der Waals surface area contributed by atoms with Gasteiger partial charge in [-0.05, 0) is 6.42 Å². The number of aliphatic carboxylic acids is 1. The zero-order valence-corrected chi connectivity index (χ0v) is 10.5. The van der Waals surface area contributed by atoms with Crippen molar-refractivity contribution < 1.29 is 24.5 Å². The summed E-state index contributed by atoms with van der Waals surface area (Å²) < 4.78 is 5.06. The smallest absolute Gasteiger partial charge is 0.332 e. The fraction of sp³-hybridized carbons (Fsp3) is 0.818. The number of nitrogens with one attached hydrogen (secondary N) is 1. The van der Waals surface area contributed by atoms with E-state index in [1.165, 1.54) is 4.90 Å². The van der Waals surface area contributed by atoms with E-state index in [-0.39, 0.29) is 26.2 Å². The van der Waals surface area contributed by atoms with Gasteiger partial charge in [-0.2, -0.15) is 0 Å². The average molecular weight is 260 g/mol. The first-order valence-electron chi connectivity index (χ1n) is 6.05. The van der Waals surface area contributed by atoms with Crippen LogP contribution >= 0.6 is 0 Å². The van der Waals surface area contributed by atoms with Crippen molar-refractivity contribution in [3.63, 3.8) is 0 Å². The number of aliphatic hydroxyl groups is 1. The van der Waals surface area contributed by atoms with Crippen molar-refractivity contribution in [1.82, 2.24) is 10.2 Å². The number of aliphatic hydroxyl groups excluding tert-OH is 1. The van der Waals surface area contributed by atoms with Crippen molar-refractivity contribution in [3.05, 3.63) is 0 Å². The number of carboxylic acids is 1. The Morgan fingerprint density at radius 1 is 1.44 bits per heavy atom. The van der Waals surface area contributed by atoms with Gasteiger partial charge >= 0.3 is 12.0 Å². The second-order valence-corrected chi connectivity index (χ2v) is 4.33. The minimum Gasteiger partial charge on any atom is -0.479 e. The van der Waals surface area contributed by atoms with Gasteiger partial charge in [-0.15, -0.1) is 0 Å². The Hall–Kier alpha value is -1.34. The molecule has 0 aromatic heterocycles. The van der Waals surface area contributed by atoms with Gasteiger partial charge in [0.2, 0.25) is 0 Å². The number of ether oxygens (including phenoxy) is 1. The number of urea groups is 1. The number of carbonyl (C=O) groups excluding carboxylic acids is 1. The van der Waals surface area contributed by atoms with E-state index in [1.54, 1.807) is 0 Å². The summed E-state index contributed by atoms with van der Waals surface area (Å²) in [7, 11) is 0. The Balaban J connectivity index is 2.67. The second kappa shape index (κ2) is 6.55. The minimum atomic E-state index is -1.33. The third kappa shape index (κ3) is 3.33. The predicted molar refractivity (Wildman–Crippen MR) is 63.3 cm³/mol. The summed E-state index contributed by atoms with van der Waals surface area (Å²) in [5, 5.41) is 20.6. The molecule has 1 aliphatic rings. The lowest BCUT2D eigenvalue weighted by Crippen LogP contribution is -2.58. The third-order valence-electron chi connectivity index (χ3n) is 2.93. The molecule has 0 spiro atoms. The van der Waals surface area contributed by atoms with Crippen LogP contribution < -0.4 is 5.32 Å². The normalized spacial score (nSPS) is 22.8. The number of hydrogen-bond donors (Lipinski definition) is 3. The average Bonchev–Trinajstić information content (AvgIpc) is 2.78. The van der Waals surface area contributed by atoms with E-state index in [2.05, 4.69) is 5.32 Å². The van der Waals surface area contributed by atoms with Crippen LogP contribution in [0.5, 0.6) is 0 Å². The highest BCUT2D eigenvalue weighted by molar-refractivity contribution is 5.86. The molecule has 1 atom stereocenters. The molecule has 1 fully saturated rings. The Kier molecular flexibility index (Phi) is 5.36. The van der Waals surface area contributed by atoms with Crippen LogP contribution in [0.15, 0.2) is 0 Å². The summed E-state index contributed by atoms with van der Waals surface area (Å²) in [6, 6.07) is -0.473. The summed E-state index contributed by atoms with van der Waals surface area (Å²) in [5.41, 5.74) is -1.33. The molecule has 1 unspecified atom stereocenters. The molecule has 7 heteroatoms. The standard InChI is InChI=1S/C11H20N2O5/c1-2-4-13(5-6-14)10(17)12-11(9(15)16)3-7-18-8-11/h14H,2-8H2,1H3,(H,12,17)(H,15,16). The SMILES string of the molecule is CCCN(CCO)C(=O)NC1(C(=O)O)CCOC1. The van der Waals surface area contributed by atoms with Crippen LogP contribution in [-0.4, -0.2) is 65.6 Å². The molecule has 1 saturated heterocycles. The maximum Gasteiger partial charge on any atom is 0.332 e. The molecule has 0 aromatic carbocycles. The molecule has 1 rings (SSSR count). The van der Waals surface area contributed by atoms with Gasteiger partial charge in [0, 0.05) is 26.1 Å². The fourth-order valence-corrected chi connectivity index (χ4v) is 1.87. The first kappa shape index (κ1) is 14.7. The Labute approximate surface area is 106 Å². The molecular formula is C11H20N2O5. The van der Waals surface area contributed by atoms with E-state index in [0.29, 0.717) is 13.2 Å². The van der Waals surface area contributed by atoms with Crippen LogP contribution in [0.2, 0.25) is 0 Å². The lowest BCUT2D eigenvalue weighted by Gasteiger charge is -2.29. The molecule has 1 aliphatic heterocycles. The molecule has 18 heavy (non-hydrogen) atoms. The van der Waals surface area contributed by atoms with Gasteiger partial charge in [0.1, 0.15) is 0 Å². The van der Waals surface area contributed by atoms with Gasteiger partial charge in [-0.25, -0.2) is 9.59 Å². The van der Waals surface area contributed by atoms with Crippen LogP contribution in [0.25, 0.3) is 0 Å². The molecule has 0 aliphatic carbocycles. The summed E-state index contributed by atoms with van der Waals surface area (Å²) >= 11 is 0. The molecule has 0 bridgehead atoms. The Morgan fingerprint density at radius 3 is 2.61 bits per heavy atom. The van der Waals surface area contributed by atoms with E-state index in [0.717, 1.165) is 6.42 Å². The van der Waals surface area contributed by atoms with Crippen LogP contribution in [0.3, 0.4) is 0 Å². The van der Waals surface area contributed by atoms with Gasteiger partial charge in [-0.1, -0.05) is 6.92 Å². The zero-order valence-electron chi connectivity index (χ0n) is 10.5. The number of amides is 2. The van der Waals surface area contributed by atoms with Crippen molar-refractivity contribution in [1.29, 1.82) is 0 Å². The van der Waals surface area contributed by atoms with Crippen molar-refractivity contribution >= 4 is 12.0 Å². The van der Waals surface area contributed by atoms with Gasteiger partial charge in [0.25, 0.3) is 0 Å². The van der Waals surface area contributed by atoms with Gasteiger partial charge in [0.05, 0.1) is 13.2 Å². The van der Waals surface area contributed by atoms with Gasteiger partial charge < -0.3 is 25.2 Å². The predicted octanol–water partition coefficient (Wildman–Crippen LogP) is -0.356. The fourth-order valence-electron chi connectivity index (χ4n) is 1.87. The first-order chi connectivity index (χ1) is 8.55. The minimum absolute atomic E-state index is 0.0207. The molecule has 0 aromatic rings. The molecule has 1 heterocycles. The van der Waals surface area contributed by atoms with E-state index < -0.39 is 17.5 Å². The van der Waals surface area contributed by atoms with Crippen molar-refractivity contribution in [3.8, 4) is 0 Å². The third-order valence-corrected chi connectivity index (χ3v) is 2.93. The maximum atomic E-state index is 12.0.